The lowest BCUT2D eigenvalue weighted by Crippen LogP contribution is -2.32. The van der Waals surface area contributed by atoms with Gasteiger partial charge in [0, 0.05) is 17.8 Å². The maximum absolute atomic E-state index is 13.3. The van der Waals surface area contributed by atoms with Crippen molar-refractivity contribution in [1.29, 1.82) is 0 Å². The maximum Gasteiger partial charge on any atom is 0.295 e. The summed E-state index contributed by atoms with van der Waals surface area (Å²) in [7, 11) is 3.91. The van der Waals surface area contributed by atoms with Crippen molar-refractivity contribution in [2.24, 2.45) is 0 Å². The number of aliphatic hydroxyl groups excluding tert-OH is 1. The van der Waals surface area contributed by atoms with Gasteiger partial charge in [0.15, 0.2) is 5.76 Å². The molecule has 172 valence electrons. The number of likely N-dealkylation sites (tertiary alicyclic amines) is 1. The summed E-state index contributed by atoms with van der Waals surface area (Å²) in [6.45, 7) is 4.85. The summed E-state index contributed by atoms with van der Waals surface area (Å²) in [6.07, 6.45) is 2.48. The van der Waals surface area contributed by atoms with Gasteiger partial charge >= 0.3 is 0 Å². The van der Waals surface area contributed by atoms with Gasteiger partial charge in [-0.15, -0.1) is 0 Å². The first-order valence-electron chi connectivity index (χ1n) is 10.8. The first kappa shape index (κ1) is 23.0. The fraction of sp³-hybridized carbons (Fsp3) is 0.320. The Kier molecular flexibility index (Phi) is 6.28. The number of aliphatic hydroxyl groups is 1. The molecule has 0 aliphatic carbocycles. The molecule has 1 aliphatic rings. The van der Waals surface area contributed by atoms with Crippen molar-refractivity contribution in [2.45, 2.75) is 26.3 Å². The number of amides is 1. The van der Waals surface area contributed by atoms with Crippen LogP contribution in [0.15, 0.2) is 48.2 Å². The Balaban J connectivity index is 1.90. The Morgan fingerprint density at radius 2 is 1.94 bits per heavy atom. The van der Waals surface area contributed by atoms with Crippen molar-refractivity contribution < 1.29 is 14.7 Å². The Hall–Kier alpha value is -3.16. The van der Waals surface area contributed by atoms with Crippen LogP contribution < -0.4 is 0 Å². The lowest BCUT2D eigenvalue weighted by molar-refractivity contribution is -0.139. The Bertz CT molecular complexity index is 1280. The number of imidazole rings is 1. The van der Waals surface area contributed by atoms with Gasteiger partial charge in [-0.3, -0.25) is 14.0 Å². The van der Waals surface area contributed by atoms with E-state index < -0.39 is 17.7 Å². The summed E-state index contributed by atoms with van der Waals surface area (Å²) >= 11 is 6.25. The Morgan fingerprint density at radius 3 is 2.64 bits per heavy atom. The highest BCUT2D eigenvalue weighted by Gasteiger charge is 2.46. The van der Waals surface area contributed by atoms with E-state index in [0.29, 0.717) is 40.6 Å². The number of nitrogens with zero attached hydrogens (tertiary/aromatic N) is 4. The Morgan fingerprint density at radius 1 is 1.18 bits per heavy atom. The average molecular weight is 467 g/mol. The lowest BCUT2D eigenvalue weighted by atomic mass is 9.96. The second-order valence-electron chi connectivity index (χ2n) is 8.63. The van der Waals surface area contributed by atoms with Crippen LogP contribution in [0, 0.1) is 13.8 Å². The van der Waals surface area contributed by atoms with Gasteiger partial charge in [0.2, 0.25) is 0 Å². The number of pyridine rings is 1. The summed E-state index contributed by atoms with van der Waals surface area (Å²) in [4.78, 5) is 34.5. The third kappa shape index (κ3) is 4.14. The van der Waals surface area contributed by atoms with E-state index in [2.05, 4.69) is 4.98 Å². The van der Waals surface area contributed by atoms with E-state index in [-0.39, 0.29) is 11.3 Å². The van der Waals surface area contributed by atoms with E-state index in [0.717, 1.165) is 12.1 Å². The van der Waals surface area contributed by atoms with Crippen LogP contribution in [-0.4, -0.2) is 63.2 Å². The first-order valence-corrected chi connectivity index (χ1v) is 11.2. The summed E-state index contributed by atoms with van der Waals surface area (Å²) in [5.74, 6) is -1.56. The molecule has 2 aromatic heterocycles. The molecule has 0 spiro atoms. The van der Waals surface area contributed by atoms with E-state index in [9.17, 15) is 14.7 Å². The molecule has 3 aromatic rings. The van der Waals surface area contributed by atoms with Crippen LogP contribution in [0.5, 0.6) is 0 Å². The molecule has 7 nitrogen and oxygen atoms in total. The molecule has 0 saturated carbocycles. The number of carbonyl (C=O) groups excluding carboxylic acids is 2. The quantitative estimate of drug-likeness (QED) is 0.338. The highest BCUT2D eigenvalue weighted by molar-refractivity contribution is 6.46. The number of Topliss-reactive ketones (excluding diaryl/α,β-unsaturated/α-hetero) is 1. The minimum atomic E-state index is -0.736. The number of carbonyl (C=O) groups is 2. The van der Waals surface area contributed by atoms with Gasteiger partial charge in [0.1, 0.15) is 11.3 Å². The van der Waals surface area contributed by atoms with Crippen molar-refractivity contribution in [1.82, 2.24) is 19.2 Å². The smallest absolute Gasteiger partial charge is 0.295 e. The molecular weight excluding hydrogens is 440 g/mol. The molecule has 1 N–H and O–H groups in total. The predicted molar refractivity (Wildman–Crippen MR) is 128 cm³/mol. The number of fused-ring (bicyclic) bond motifs is 1. The summed E-state index contributed by atoms with van der Waals surface area (Å²) in [6, 6.07) is 10.1. The van der Waals surface area contributed by atoms with E-state index in [1.807, 2.05) is 44.1 Å². The van der Waals surface area contributed by atoms with Crippen molar-refractivity contribution in [3.63, 3.8) is 0 Å². The number of halogens is 1. The van der Waals surface area contributed by atoms with Crippen molar-refractivity contribution in [3.8, 4) is 0 Å². The van der Waals surface area contributed by atoms with E-state index >= 15 is 0 Å². The molecule has 1 aromatic carbocycles. The molecule has 3 heterocycles. The van der Waals surface area contributed by atoms with Crippen molar-refractivity contribution in [3.05, 3.63) is 75.7 Å². The van der Waals surface area contributed by atoms with Gasteiger partial charge in [-0.1, -0.05) is 29.8 Å². The highest BCUT2D eigenvalue weighted by atomic mass is 35.5. The minimum Gasteiger partial charge on any atom is -0.505 e. The number of benzene rings is 1. The van der Waals surface area contributed by atoms with Crippen molar-refractivity contribution in [2.75, 3.05) is 27.2 Å². The average Bonchev–Trinajstić information content (AvgIpc) is 3.23. The number of rotatable bonds is 6. The van der Waals surface area contributed by atoms with Crippen molar-refractivity contribution >= 4 is 34.7 Å². The molecule has 0 unspecified atom stereocenters. The minimum absolute atomic E-state index is 0.0542. The molecule has 33 heavy (non-hydrogen) atoms. The second kappa shape index (κ2) is 9.00. The summed E-state index contributed by atoms with van der Waals surface area (Å²) in [5.41, 5.74) is 3.35. The van der Waals surface area contributed by atoms with Gasteiger partial charge in [-0.25, -0.2) is 4.98 Å². The second-order valence-corrected chi connectivity index (χ2v) is 9.07. The zero-order chi connectivity index (χ0) is 23.9. The van der Waals surface area contributed by atoms with Crippen LogP contribution in [0.1, 0.15) is 35.0 Å². The fourth-order valence-corrected chi connectivity index (χ4v) is 4.62. The molecule has 1 aliphatic heterocycles. The zero-order valence-electron chi connectivity index (χ0n) is 19.2. The monoisotopic (exact) mass is 466 g/mol. The molecular formula is C25H27ClN4O3. The standard InChI is InChI=1S/C25H27ClN4O3/c1-15-8-6-12-29-20(16(2)27-24(15)29)22(31)19-21(17-9-5-10-18(26)14-17)30(25(33)23(19)32)13-7-11-28(3)4/h5-6,8-10,12,14,21,31H,7,11,13H2,1-4H3/b22-19+/t21-/m1/s1. The first-order chi connectivity index (χ1) is 15.7. The van der Waals surface area contributed by atoms with Crippen LogP contribution >= 0.6 is 11.6 Å². The van der Waals surface area contributed by atoms with Crippen LogP contribution in [0.2, 0.25) is 5.02 Å². The molecule has 1 fully saturated rings. The number of ketones is 1. The third-order valence-electron chi connectivity index (χ3n) is 5.95. The summed E-state index contributed by atoms with van der Waals surface area (Å²) in [5, 5.41) is 12.0. The molecule has 0 bridgehead atoms. The van der Waals surface area contributed by atoms with Gasteiger partial charge in [-0.2, -0.15) is 0 Å². The van der Waals surface area contributed by atoms with Gasteiger partial charge in [-0.05, 0) is 70.2 Å². The molecule has 1 amide bonds. The van der Waals surface area contributed by atoms with E-state index in [1.165, 1.54) is 4.90 Å². The molecule has 8 heteroatoms. The number of hydrogen-bond donors (Lipinski definition) is 1. The van der Waals surface area contributed by atoms with Crippen LogP contribution in [0.3, 0.4) is 0 Å². The summed E-state index contributed by atoms with van der Waals surface area (Å²) < 4.78 is 1.76. The zero-order valence-corrected chi connectivity index (χ0v) is 19.9. The number of aryl methyl sites for hydroxylation is 2. The number of hydrogen-bond acceptors (Lipinski definition) is 5. The highest BCUT2D eigenvalue weighted by Crippen LogP contribution is 2.40. The van der Waals surface area contributed by atoms with Crippen LogP contribution in [0.4, 0.5) is 0 Å². The van der Waals surface area contributed by atoms with Gasteiger partial charge in [0.05, 0.1) is 17.3 Å². The van der Waals surface area contributed by atoms with Crippen LogP contribution in [0.25, 0.3) is 11.4 Å². The predicted octanol–water partition coefficient (Wildman–Crippen LogP) is 3.98. The molecule has 1 saturated heterocycles. The largest absolute Gasteiger partial charge is 0.505 e. The maximum atomic E-state index is 13.3. The Labute approximate surface area is 197 Å². The lowest BCUT2D eigenvalue weighted by Gasteiger charge is -2.26. The molecule has 1 atom stereocenters. The fourth-order valence-electron chi connectivity index (χ4n) is 4.42. The third-order valence-corrected chi connectivity index (χ3v) is 6.19. The SMILES string of the molecule is Cc1nc2c(C)cccn2c1/C(O)=C1\C(=O)C(=O)N(CCCN(C)C)[C@@H]1c1cccc(Cl)c1. The van der Waals surface area contributed by atoms with Gasteiger partial charge < -0.3 is 14.9 Å². The number of aromatic nitrogens is 2. The molecule has 4 rings (SSSR count). The molecule has 0 radical (unpaired) electrons. The van der Waals surface area contributed by atoms with Gasteiger partial charge in [0.25, 0.3) is 11.7 Å². The van der Waals surface area contributed by atoms with Crippen LogP contribution in [-0.2, 0) is 9.59 Å². The normalized spacial score (nSPS) is 18.1. The van der Waals surface area contributed by atoms with E-state index in [4.69, 9.17) is 11.6 Å². The topological polar surface area (TPSA) is 78.1 Å². The van der Waals surface area contributed by atoms with E-state index in [1.54, 1.807) is 35.7 Å².